The fraction of sp³-hybridized carbons (Fsp3) is 0.375. The van der Waals surface area contributed by atoms with Crippen LogP contribution in [0.2, 0.25) is 0 Å². The third-order valence-corrected chi connectivity index (χ3v) is 5.07. The van der Waals surface area contributed by atoms with E-state index in [9.17, 15) is 18.5 Å². The van der Waals surface area contributed by atoms with Gasteiger partial charge in [-0.15, -0.1) is 0 Å². The lowest BCUT2D eigenvalue weighted by Crippen LogP contribution is -2.30. The molecule has 0 radical (unpaired) electrons. The molecule has 6 nitrogen and oxygen atoms in total. The Bertz CT molecular complexity index is 791. The van der Waals surface area contributed by atoms with Crippen LogP contribution in [0.3, 0.4) is 0 Å². The zero-order valence-corrected chi connectivity index (χ0v) is 13.9. The van der Waals surface area contributed by atoms with Gasteiger partial charge >= 0.3 is 0 Å². The van der Waals surface area contributed by atoms with Crippen LogP contribution in [0.25, 0.3) is 5.70 Å². The Morgan fingerprint density at radius 2 is 2.09 bits per heavy atom. The van der Waals surface area contributed by atoms with Gasteiger partial charge in [0.25, 0.3) is 15.9 Å². The fourth-order valence-electron chi connectivity index (χ4n) is 2.51. The third-order valence-electron chi connectivity index (χ3n) is 3.66. The lowest BCUT2D eigenvalue weighted by atomic mass is 10.1. The van der Waals surface area contributed by atoms with Crippen LogP contribution in [0.5, 0.6) is 0 Å². The Morgan fingerprint density at radius 3 is 2.74 bits per heavy atom. The summed E-state index contributed by atoms with van der Waals surface area (Å²) in [7, 11) is -3.72. The first-order chi connectivity index (χ1) is 10.9. The Balaban J connectivity index is 2.32. The van der Waals surface area contributed by atoms with E-state index in [1.54, 1.807) is 18.2 Å². The van der Waals surface area contributed by atoms with Gasteiger partial charge in [0, 0.05) is 12.1 Å². The second-order valence-corrected chi connectivity index (χ2v) is 7.22. The normalized spacial score (nSPS) is 18.3. The topological polar surface area (TPSA) is 99.1 Å². The molecule has 0 spiro atoms. The number of nitriles is 1. The summed E-state index contributed by atoms with van der Waals surface area (Å²) in [5.41, 5.74) is 0.173. The quantitative estimate of drug-likeness (QED) is 0.633. The third kappa shape index (κ3) is 3.54. The number of hydrogen-bond donors (Lipinski definition) is 2. The minimum absolute atomic E-state index is 0.0451. The molecule has 1 amide bonds. The summed E-state index contributed by atoms with van der Waals surface area (Å²) in [4.78, 5) is 12.3. The number of carbonyl (C=O) groups is 1. The molecule has 122 valence electrons. The Kier molecular flexibility index (Phi) is 5.06. The van der Waals surface area contributed by atoms with Crippen LogP contribution in [0.15, 0.2) is 34.7 Å². The summed E-state index contributed by atoms with van der Waals surface area (Å²) in [6.45, 7) is 4.52. The van der Waals surface area contributed by atoms with Gasteiger partial charge < -0.3 is 5.32 Å². The van der Waals surface area contributed by atoms with E-state index in [0.29, 0.717) is 18.0 Å². The lowest BCUT2D eigenvalue weighted by Gasteiger charge is -2.11. The Morgan fingerprint density at radius 1 is 1.39 bits per heavy atom. The largest absolute Gasteiger partial charge is 0.351 e. The van der Waals surface area contributed by atoms with Crippen LogP contribution in [0.1, 0.15) is 32.3 Å². The van der Waals surface area contributed by atoms with E-state index in [1.807, 2.05) is 13.0 Å². The summed E-state index contributed by atoms with van der Waals surface area (Å²) in [6, 6.07) is 8.10. The number of carbonyl (C=O) groups excluding carboxylic acids is 1. The van der Waals surface area contributed by atoms with E-state index in [4.69, 9.17) is 0 Å². The van der Waals surface area contributed by atoms with Gasteiger partial charge in [-0.05, 0) is 18.4 Å². The van der Waals surface area contributed by atoms with E-state index in [2.05, 4.69) is 17.0 Å². The number of fused-ring (bicyclic) bond motifs is 1. The summed E-state index contributed by atoms with van der Waals surface area (Å²) >= 11 is 0. The SMILES string of the molecule is CCCC(C)CNC(=O)C(C#N)=C1NS(=O)(=O)c2ccccc21. The second-order valence-electron chi connectivity index (χ2n) is 5.57. The molecule has 0 aromatic heterocycles. The van der Waals surface area contributed by atoms with Crippen molar-refractivity contribution < 1.29 is 13.2 Å². The number of sulfonamides is 1. The van der Waals surface area contributed by atoms with E-state index in [0.717, 1.165) is 12.8 Å². The van der Waals surface area contributed by atoms with Gasteiger partial charge in [-0.2, -0.15) is 5.26 Å². The molecule has 1 atom stereocenters. The van der Waals surface area contributed by atoms with Crippen molar-refractivity contribution in [2.45, 2.75) is 31.6 Å². The minimum Gasteiger partial charge on any atom is -0.351 e. The molecule has 1 unspecified atom stereocenters. The molecule has 0 saturated heterocycles. The second kappa shape index (κ2) is 6.84. The molecule has 1 aliphatic heterocycles. The molecule has 1 aromatic rings. The molecular formula is C16H19N3O3S. The van der Waals surface area contributed by atoms with Gasteiger partial charge in [-0.25, -0.2) is 8.42 Å². The van der Waals surface area contributed by atoms with Crippen molar-refractivity contribution in [3.8, 4) is 6.07 Å². The monoisotopic (exact) mass is 333 g/mol. The average molecular weight is 333 g/mol. The summed E-state index contributed by atoms with van der Waals surface area (Å²) < 4.78 is 26.5. The van der Waals surface area contributed by atoms with Crippen molar-refractivity contribution in [3.63, 3.8) is 0 Å². The summed E-state index contributed by atoms with van der Waals surface area (Å²) in [5.74, 6) is -0.272. The van der Waals surface area contributed by atoms with Gasteiger partial charge in [-0.1, -0.05) is 38.5 Å². The highest BCUT2D eigenvalue weighted by Crippen LogP contribution is 2.31. The number of nitrogens with zero attached hydrogens (tertiary/aromatic N) is 1. The molecule has 0 fully saturated rings. The average Bonchev–Trinajstić information content (AvgIpc) is 2.79. The van der Waals surface area contributed by atoms with E-state index in [1.165, 1.54) is 6.07 Å². The smallest absolute Gasteiger partial charge is 0.264 e. The van der Waals surface area contributed by atoms with Crippen LogP contribution in [-0.4, -0.2) is 20.9 Å². The molecule has 1 aliphatic rings. The molecule has 0 saturated carbocycles. The first-order valence-corrected chi connectivity index (χ1v) is 8.93. The summed E-state index contributed by atoms with van der Waals surface area (Å²) in [6.07, 6.45) is 1.98. The highest BCUT2D eigenvalue weighted by molar-refractivity contribution is 7.90. The Labute approximate surface area is 136 Å². The highest BCUT2D eigenvalue weighted by Gasteiger charge is 2.33. The van der Waals surface area contributed by atoms with Crippen LogP contribution in [0.4, 0.5) is 0 Å². The first-order valence-electron chi connectivity index (χ1n) is 7.45. The van der Waals surface area contributed by atoms with Crippen molar-refractivity contribution in [1.29, 1.82) is 5.26 Å². The maximum Gasteiger partial charge on any atom is 0.264 e. The van der Waals surface area contributed by atoms with Crippen molar-refractivity contribution >= 4 is 21.6 Å². The number of hydrogen-bond acceptors (Lipinski definition) is 4. The van der Waals surface area contributed by atoms with Crippen molar-refractivity contribution in [2.75, 3.05) is 6.54 Å². The number of amides is 1. The van der Waals surface area contributed by atoms with Crippen LogP contribution >= 0.6 is 0 Å². The molecule has 1 heterocycles. The Hall–Kier alpha value is -2.33. The zero-order chi connectivity index (χ0) is 17.0. The molecular weight excluding hydrogens is 314 g/mol. The molecule has 0 aliphatic carbocycles. The molecule has 2 rings (SSSR count). The van der Waals surface area contributed by atoms with Gasteiger partial charge in [-0.3, -0.25) is 9.52 Å². The van der Waals surface area contributed by atoms with Crippen LogP contribution in [0, 0.1) is 17.2 Å². The van der Waals surface area contributed by atoms with Crippen molar-refractivity contribution in [2.24, 2.45) is 5.92 Å². The van der Waals surface area contributed by atoms with Gasteiger partial charge in [0.1, 0.15) is 11.6 Å². The first kappa shape index (κ1) is 17.0. The van der Waals surface area contributed by atoms with Crippen molar-refractivity contribution in [3.05, 3.63) is 35.4 Å². The molecule has 23 heavy (non-hydrogen) atoms. The lowest BCUT2D eigenvalue weighted by molar-refractivity contribution is -0.117. The van der Waals surface area contributed by atoms with E-state index >= 15 is 0 Å². The predicted molar refractivity (Wildman–Crippen MR) is 86.4 cm³/mol. The minimum atomic E-state index is -3.72. The predicted octanol–water partition coefficient (Wildman–Crippen LogP) is 1.77. The maximum atomic E-state index is 12.3. The molecule has 7 heteroatoms. The van der Waals surface area contributed by atoms with E-state index < -0.39 is 15.9 Å². The fourth-order valence-corrected chi connectivity index (χ4v) is 3.82. The molecule has 0 bridgehead atoms. The van der Waals surface area contributed by atoms with Crippen molar-refractivity contribution in [1.82, 2.24) is 10.0 Å². The zero-order valence-electron chi connectivity index (χ0n) is 13.1. The molecule has 1 aromatic carbocycles. The number of rotatable bonds is 5. The van der Waals surface area contributed by atoms with Crippen LogP contribution in [-0.2, 0) is 14.8 Å². The molecule has 2 N–H and O–H groups in total. The number of benzene rings is 1. The summed E-state index contributed by atoms with van der Waals surface area (Å²) in [5, 5.41) is 12.0. The number of nitrogens with one attached hydrogen (secondary N) is 2. The van der Waals surface area contributed by atoms with Gasteiger partial charge in [0.15, 0.2) is 0 Å². The highest BCUT2D eigenvalue weighted by atomic mass is 32.2. The van der Waals surface area contributed by atoms with Gasteiger partial charge in [0.05, 0.1) is 10.6 Å². The maximum absolute atomic E-state index is 12.3. The van der Waals surface area contributed by atoms with E-state index in [-0.39, 0.29) is 16.2 Å². The van der Waals surface area contributed by atoms with Gasteiger partial charge in [0.2, 0.25) is 0 Å². The standard InChI is InChI=1S/C16H19N3O3S/c1-3-6-11(2)10-18-16(20)13(9-17)15-12-7-4-5-8-14(12)23(21,22)19-15/h4-5,7-8,11,19H,3,6,10H2,1-2H3,(H,18,20). The van der Waals surface area contributed by atoms with Crippen LogP contribution < -0.4 is 10.0 Å².